The number of carbonyl (C=O) groups excluding carboxylic acids is 1. The third kappa shape index (κ3) is 5.64. The molecule has 0 radical (unpaired) electrons. The van der Waals surface area contributed by atoms with Gasteiger partial charge in [0.05, 0.1) is 25.5 Å². The van der Waals surface area contributed by atoms with Crippen molar-refractivity contribution >= 4 is 27.3 Å². The van der Waals surface area contributed by atoms with Gasteiger partial charge >= 0.3 is 5.97 Å². The Bertz CT molecular complexity index is 1200. The highest BCUT2D eigenvalue weighted by Gasteiger charge is 2.23. The first-order valence-electron chi connectivity index (χ1n) is 9.70. The summed E-state index contributed by atoms with van der Waals surface area (Å²) in [5.41, 5.74) is 1.58. The molecule has 0 aliphatic rings. The zero-order chi connectivity index (χ0) is 23.3. The summed E-state index contributed by atoms with van der Waals surface area (Å²) in [6, 6.07) is 11.3. The van der Waals surface area contributed by atoms with Gasteiger partial charge < -0.3 is 14.2 Å². The number of aromatic nitrogens is 1. The molecule has 1 N–H and O–H groups in total. The van der Waals surface area contributed by atoms with Crippen LogP contribution in [0.3, 0.4) is 0 Å². The van der Waals surface area contributed by atoms with Crippen molar-refractivity contribution in [2.75, 3.05) is 14.2 Å². The second-order valence-electron chi connectivity index (χ2n) is 7.09. The maximum Gasteiger partial charge on any atom is 0.338 e. The van der Waals surface area contributed by atoms with E-state index in [4.69, 9.17) is 14.2 Å². The summed E-state index contributed by atoms with van der Waals surface area (Å²) >= 11 is 1.42. The van der Waals surface area contributed by atoms with E-state index in [0.717, 1.165) is 16.3 Å². The van der Waals surface area contributed by atoms with Gasteiger partial charge in [-0.15, -0.1) is 11.3 Å². The van der Waals surface area contributed by atoms with E-state index in [-0.39, 0.29) is 28.9 Å². The molecule has 0 aliphatic carbocycles. The van der Waals surface area contributed by atoms with Crippen LogP contribution in [0.4, 0.5) is 0 Å². The van der Waals surface area contributed by atoms with Gasteiger partial charge in [0.25, 0.3) is 0 Å². The van der Waals surface area contributed by atoms with E-state index < -0.39 is 16.0 Å². The second-order valence-corrected chi connectivity index (χ2v) is 9.63. The van der Waals surface area contributed by atoms with Crippen molar-refractivity contribution < 1.29 is 27.4 Å². The Hall–Kier alpha value is -2.95. The van der Waals surface area contributed by atoms with Gasteiger partial charge in [-0.3, -0.25) is 0 Å². The number of rotatable bonds is 9. The molecule has 0 bridgehead atoms. The fourth-order valence-corrected chi connectivity index (χ4v) is 5.12. The average molecular weight is 477 g/mol. The van der Waals surface area contributed by atoms with Crippen LogP contribution in [0.25, 0.3) is 10.6 Å². The molecule has 0 saturated heterocycles. The maximum atomic E-state index is 12.6. The first-order valence-corrected chi connectivity index (χ1v) is 12.1. The van der Waals surface area contributed by atoms with Crippen molar-refractivity contribution in [3.63, 3.8) is 0 Å². The Morgan fingerprint density at radius 3 is 2.59 bits per heavy atom. The number of nitrogens with one attached hydrogen (secondary N) is 1. The molecular weight excluding hydrogens is 452 g/mol. The van der Waals surface area contributed by atoms with Gasteiger partial charge in [0.2, 0.25) is 10.0 Å². The number of methoxy groups -OCH3 is 2. The molecule has 0 unspecified atom stereocenters. The van der Waals surface area contributed by atoms with Crippen LogP contribution in [0, 0.1) is 0 Å². The van der Waals surface area contributed by atoms with E-state index in [9.17, 15) is 13.2 Å². The van der Waals surface area contributed by atoms with Crippen molar-refractivity contribution in [3.05, 3.63) is 59.1 Å². The third-order valence-corrected chi connectivity index (χ3v) is 6.92. The molecule has 3 rings (SSSR count). The van der Waals surface area contributed by atoms with Crippen molar-refractivity contribution in [2.24, 2.45) is 0 Å². The Balaban J connectivity index is 1.74. The van der Waals surface area contributed by atoms with Crippen LogP contribution in [0.15, 0.2) is 52.7 Å². The quantitative estimate of drug-likeness (QED) is 0.468. The molecule has 3 aromatic rings. The van der Waals surface area contributed by atoms with Gasteiger partial charge in [0.1, 0.15) is 28.0 Å². The number of hydrogen-bond donors (Lipinski definition) is 1. The van der Waals surface area contributed by atoms with Crippen molar-refractivity contribution in [2.45, 2.75) is 31.4 Å². The summed E-state index contributed by atoms with van der Waals surface area (Å²) in [7, 11) is -0.899. The smallest absolute Gasteiger partial charge is 0.338 e. The van der Waals surface area contributed by atoms with Gasteiger partial charge in [-0.25, -0.2) is 22.9 Å². The van der Waals surface area contributed by atoms with E-state index in [1.807, 2.05) is 24.3 Å². The largest absolute Gasteiger partial charge is 0.497 e. The Labute approximate surface area is 191 Å². The maximum absolute atomic E-state index is 12.6. The van der Waals surface area contributed by atoms with Crippen LogP contribution >= 0.6 is 11.3 Å². The van der Waals surface area contributed by atoms with Gasteiger partial charge in [0, 0.05) is 17.0 Å². The zero-order valence-electron chi connectivity index (χ0n) is 18.1. The minimum absolute atomic E-state index is 0.0440. The number of carbonyl (C=O) groups is 1. The molecule has 2 aromatic carbocycles. The summed E-state index contributed by atoms with van der Waals surface area (Å²) in [5.74, 6) is 0.199. The van der Waals surface area contributed by atoms with Crippen LogP contribution in [-0.4, -0.2) is 39.6 Å². The molecule has 1 aromatic heterocycles. The lowest BCUT2D eigenvalue weighted by molar-refractivity contribution is 0.0468. The SMILES string of the molecule is COc1cccc(-c2nc(COC(=O)c3ccc(OC)c(S(=O)(=O)NC(C)C)c3)cs2)c1. The lowest BCUT2D eigenvalue weighted by Crippen LogP contribution is -2.30. The second kappa shape index (κ2) is 10.1. The summed E-state index contributed by atoms with van der Waals surface area (Å²) in [6.07, 6.45) is 0. The summed E-state index contributed by atoms with van der Waals surface area (Å²) < 4.78 is 43.4. The van der Waals surface area contributed by atoms with Crippen LogP contribution in [0.1, 0.15) is 29.9 Å². The van der Waals surface area contributed by atoms with Crippen LogP contribution in [-0.2, 0) is 21.4 Å². The molecule has 0 fully saturated rings. The number of ether oxygens (including phenoxy) is 3. The monoisotopic (exact) mass is 476 g/mol. The van der Waals surface area contributed by atoms with Crippen LogP contribution in [0.2, 0.25) is 0 Å². The summed E-state index contributed by atoms with van der Waals surface area (Å²) in [6.45, 7) is 3.36. The van der Waals surface area contributed by atoms with E-state index in [1.165, 1.54) is 36.6 Å². The molecule has 0 saturated carbocycles. The molecule has 170 valence electrons. The molecule has 8 nitrogen and oxygen atoms in total. The first kappa shape index (κ1) is 23.7. The van der Waals surface area contributed by atoms with Gasteiger partial charge in [0.15, 0.2) is 0 Å². The Morgan fingerprint density at radius 2 is 1.91 bits per heavy atom. The van der Waals surface area contributed by atoms with Crippen molar-refractivity contribution in [3.8, 4) is 22.1 Å². The van der Waals surface area contributed by atoms with E-state index >= 15 is 0 Å². The standard InChI is InChI=1S/C22H24N2O6S2/c1-14(2)24-32(26,27)20-11-16(8-9-19(20)29-4)22(25)30-12-17-13-31-21(23-17)15-6-5-7-18(10-15)28-3/h5-11,13-14,24H,12H2,1-4H3. The molecule has 0 spiro atoms. The highest BCUT2D eigenvalue weighted by molar-refractivity contribution is 7.89. The highest BCUT2D eigenvalue weighted by atomic mass is 32.2. The summed E-state index contributed by atoms with van der Waals surface area (Å²) in [5, 5.41) is 2.57. The summed E-state index contributed by atoms with van der Waals surface area (Å²) in [4.78, 5) is 16.9. The molecular formula is C22H24N2O6S2. The predicted molar refractivity (Wildman–Crippen MR) is 122 cm³/mol. The number of nitrogens with zero attached hydrogens (tertiary/aromatic N) is 1. The molecule has 1 heterocycles. The van der Waals surface area contributed by atoms with Crippen LogP contribution < -0.4 is 14.2 Å². The van der Waals surface area contributed by atoms with Gasteiger partial charge in [-0.1, -0.05) is 12.1 Å². The van der Waals surface area contributed by atoms with E-state index in [2.05, 4.69) is 9.71 Å². The zero-order valence-corrected chi connectivity index (χ0v) is 19.7. The fourth-order valence-electron chi connectivity index (χ4n) is 2.87. The number of thiazole rings is 1. The van der Waals surface area contributed by atoms with E-state index in [0.29, 0.717) is 5.69 Å². The lowest BCUT2D eigenvalue weighted by atomic mass is 10.2. The topological polar surface area (TPSA) is 104 Å². The third-order valence-electron chi connectivity index (χ3n) is 4.30. The Kier molecular flexibility index (Phi) is 7.49. The minimum atomic E-state index is -3.86. The van der Waals surface area contributed by atoms with Crippen molar-refractivity contribution in [1.29, 1.82) is 0 Å². The fraction of sp³-hybridized carbons (Fsp3) is 0.273. The van der Waals surface area contributed by atoms with Gasteiger partial charge in [-0.05, 0) is 44.2 Å². The predicted octanol–water partition coefficient (Wildman–Crippen LogP) is 3.87. The molecule has 0 amide bonds. The molecule has 0 atom stereocenters. The molecule has 0 aliphatic heterocycles. The van der Waals surface area contributed by atoms with Gasteiger partial charge in [-0.2, -0.15) is 0 Å². The number of esters is 1. The number of hydrogen-bond acceptors (Lipinski definition) is 8. The van der Waals surface area contributed by atoms with Crippen LogP contribution in [0.5, 0.6) is 11.5 Å². The number of sulfonamides is 1. The highest BCUT2D eigenvalue weighted by Crippen LogP contribution is 2.28. The van der Waals surface area contributed by atoms with E-state index in [1.54, 1.807) is 26.3 Å². The molecule has 32 heavy (non-hydrogen) atoms. The normalized spacial score (nSPS) is 11.4. The molecule has 10 heteroatoms. The average Bonchev–Trinajstić information content (AvgIpc) is 3.25. The minimum Gasteiger partial charge on any atom is -0.497 e. The number of benzene rings is 2. The lowest BCUT2D eigenvalue weighted by Gasteiger charge is -2.14. The Morgan fingerprint density at radius 1 is 1.12 bits per heavy atom. The first-order chi connectivity index (χ1) is 15.2. The van der Waals surface area contributed by atoms with Crippen molar-refractivity contribution in [1.82, 2.24) is 9.71 Å².